The lowest BCUT2D eigenvalue weighted by atomic mass is 10.1. The van der Waals surface area contributed by atoms with Crippen molar-refractivity contribution in [1.29, 1.82) is 0 Å². The highest BCUT2D eigenvalue weighted by atomic mass is 32.1. The number of carbonyl (C=O) groups is 2. The number of carbonyl (C=O) groups excluding carboxylic acids is 2. The minimum absolute atomic E-state index is 0.200. The molecular formula is C25H17FN4O3S. The van der Waals surface area contributed by atoms with Gasteiger partial charge in [0, 0.05) is 18.2 Å². The minimum Gasteiger partial charge on any atom is -0.436 e. The second kappa shape index (κ2) is 8.87. The number of anilines is 2. The molecule has 0 aliphatic rings. The molecule has 0 saturated heterocycles. The monoisotopic (exact) mass is 472 g/mol. The third kappa shape index (κ3) is 4.28. The molecule has 2 heterocycles. The Hall–Kier alpha value is -4.37. The number of nitrogens with zero attached hydrogens (tertiary/aromatic N) is 2. The molecule has 0 aliphatic carbocycles. The molecule has 168 valence electrons. The molecule has 0 radical (unpaired) electrons. The van der Waals surface area contributed by atoms with Gasteiger partial charge in [-0.15, -0.1) is 0 Å². The second-order valence-electron chi connectivity index (χ2n) is 7.39. The average molecular weight is 473 g/mol. The lowest BCUT2D eigenvalue weighted by Crippen LogP contribution is -2.13. The zero-order valence-corrected chi connectivity index (χ0v) is 18.7. The molecule has 0 saturated carbocycles. The first-order valence-electron chi connectivity index (χ1n) is 10.3. The van der Waals surface area contributed by atoms with Crippen molar-refractivity contribution in [1.82, 2.24) is 9.97 Å². The van der Waals surface area contributed by atoms with Crippen molar-refractivity contribution in [2.45, 2.75) is 6.92 Å². The molecular weight excluding hydrogens is 455 g/mol. The fraction of sp³-hybridized carbons (Fsp3) is 0.0400. The van der Waals surface area contributed by atoms with Crippen molar-refractivity contribution in [2.75, 3.05) is 10.6 Å². The minimum atomic E-state index is -0.420. The van der Waals surface area contributed by atoms with E-state index in [2.05, 4.69) is 20.6 Å². The summed E-state index contributed by atoms with van der Waals surface area (Å²) in [7, 11) is 0. The number of oxazole rings is 1. The number of rotatable bonds is 5. The summed E-state index contributed by atoms with van der Waals surface area (Å²) in [6.45, 7) is 1.42. The Morgan fingerprint density at radius 3 is 2.53 bits per heavy atom. The van der Waals surface area contributed by atoms with Crippen LogP contribution in [0, 0.1) is 5.82 Å². The van der Waals surface area contributed by atoms with Crippen LogP contribution >= 0.6 is 11.3 Å². The summed E-state index contributed by atoms with van der Waals surface area (Å²) in [4.78, 5) is 33.0. The van der Waals surface area contributed by atoms with E-state index in [1.54, 1.807) is 60.7 Å². The van der Waals surface area contributed by atoms with Crippen molar-refractivity contribution in [3.63, 3.8) is 0 Å². The van der Waals surface area contributed by atoms with Gasteiger partial charge in [-0.3, -0.25) is 9.59 Å². The summed E-state index contributed by atoms with van der Waals surface area (Å²) in [5.74, 6) is -0.492. The highest BCUT2D eigenvalue weighted by Gasteiger charge is 2.18. The van der Waals surface area contributed by atoms with E-state index in [0.717, 1.165) is 4.70 Å². The van der Waals surface area contributed by atoms with Gasteiger partial charge in [-0.1, -0.05) is 35.6 Å². The molecule has 5 rings (SSSR count). The number of halogens is 1. The fourth-order valence-corrected chi connectivity index (χ4v) is 4.41. The van der Waals surface area contributed by atoms with Crippen LogP contribution in [0.25, 0.3) is 33.0 Å². The first-order chi connectivity index (χ1) is 16.5. The Balaban J connectivity index is 1.42. The standard InChI is InChI=1S/C25H17FN4O3S/c1-14(31)28-25-30-20-11-10-15(12-22(20)34-25)29-23(32)16-6-2-3-7-17(16)24-27-13-21(33-24)18-8-4-5-9-19(18)26/h2-13H,1H3,(H,29,32)(H,28,30,31). The Bertz CT molecular complexity index is 1540. The Morgan fingerprint density at radius 1 is 0.971 bits per heavy atom. The van der Waals surface area contributed by atoms with Crippen LogP contribution in [0.15, 0.2) is 77.3 Å². The molecule has 34 heavy (non-hydrogen) atoms. The van der Waals surface area contributed by atoms with Crippen LogP contribution in [0.3, 0.4) is 0 Å². The molecule has 3 aromatic carbocycles. The number of nitrogens with one attached hydrogen (secondary N) is 2. The van der Waals surface area contributed by atoms with Gasteiger partial charge in [0.2, 0.25) is 11.8 Å². The fourth-order valence-electron chi connectivity index (χ4n) is 3.46. The Morgan fingerprint density at radius 2 is 1.74 bits per heavy atom. The zero-order chi connectivity index (χ0) is 23.7. The van der Waals surface area contributed by atoms with E-state index in [0.29, 0.717) is 33.0 Å². The summed E-state index contributed by atoms with van der Waals surface area (Å²) < 4.78 is 20.7. The van der Waals surface area contributed by atoms with Crippen LogP contribution in [0.2, 0.25) is 0 Å². The third-order valence-corrected chi connectivity index (χ3v) is 5.91. The van der Waals surface area contributed by atoms with Crippen LogP contribution in [0.1, 0.15) is 17.3 Å². The SMILES string of the molecule is CC(=O)Nc1nc2ccc(NC(=O)c3ccccc3-c3ncc(-c4ccccc4F)o3)cc2s1. The summed E-state index contributed by atoms with van der Waals surface area (Å²) in [6, 6.07) is 18.5. The molecule has 2 aromatic heterocycles. The molecule has 9 heteroatoms. The maximum atomic E-state index is 14.1. The number of aromatic nitrogens is 2. The average Bonchev–Trinajstić information content (AvgIpc) is 3.45. The predicted octanol–water partition coefficient (Wildman–Crippen LogP) is 5.97. The summed E-state index contributed by atoms with van der Waals surface area (Å²) in [5.41, 5.74) is 2.42. The number of thiazole rings is 1. The first-order valence-corrected chi connectivity index (χ1v) is 11.1. The van der Waals surface area contributed by atoms with E-state index in [4.69, 9.17) is 4.42 Å². The van der Waals surface area contributed by atoms with E-state index >= 15 is 0 Å². The van der Waals surface area contributed by atoms with Crippen molar-refractivity contribution in [2.24, 2.45) is 0 Å². The Labute approximate surface area is 197 Å². The van der Waals surface area contributed by atoms with Gasteiger partial charge in [0.25, 0.3) is 5.91 Å². The van der Waals surface area contributed by atoms with Gasteiger partial charge in [0.15, 0.2) is 10.9 Å². The zero-order valence-electron chi connectivity index (χ0n) is 17.8. The smallest absolute Gasteiger partial charge is 0.256 e. The topological polar surface area (TPSA) is 97.1 Å². The number of fused-ring (bicyclic) bond motifs is 1. The molecule has 5 aromatic rings. The van der Waals surface area contributed by atoms with E-state index in [9.17, 15) is 14.0 Å². The molecule has 2 N–H and O–H groups in total. The predicted molar refractivity (Wildman–Crippen MR) is 129 cm³/mol. The molecule has 0 fully saturated rings. The highest BCUT2D eigenvalue weighted by molar-refractivity contribution is 7.22. The second-order valence-corrected chi connectivity index (χ2v) is 8.42. The Kier molecular flexibility index (Phi) is 5.60. The number of benzene rings is 3. The molecule has 0 spiro atoms. The van der Waals surface area contributed by atoms with Crippen molar-refractivity contribution in [3.8, 4) is 22.8 Å². The van der Waals surface area contributed by atoms with Crippen LogP contribution < -0.4 is 10.6 Å². The van der Waals surface area contributed by atoms with E-state index in [1.807, 2.05) is 0 Å². The van der Waals surface area contributed by atoms with Gasteiger partial charge in [-0.25, -0.2) is 14.4 Å². The van der Waals surface area contributed by atoms with E-state index in [1.165, 1.54) is 30.5 Å². The largest absolute Gasteiger partial charge is 0.436 e. The lowest BCUT2D eigenvalue weighted by Gasteiger charge is -2.08. The van der Waals surface area contributed by atoms with Crippen LogP contribution in [-0.2, 0) is 4.79 Å². The van der Waals surface area contributed by atoms with Crippen molar-refractivity contribution < 1.29 is 18.4 Å². The molecule has 0 aliphatic heterocycles. The van der Waals surface area contributed by atoms with Crippen LogP contribution in [0.5, 0.6) is 0 Å². The highest BCUT2D eigenvalue weighted by Crippen LogP contribution is 2.31. The van der Waals surface area contributed by atoms with Gasteiger partial charge in [0.1, 0.15) is 5.82 Å². The normalized spacial score (nSPS) is 10.9. The quantitative estimate of drug-likeness (QED) is 0.329. The summed E-state index contributed by atoms with van der Waals surface area (Å²) in [5, 5.41) is 6.04. The maximum absolute atomic E-state index is 14.1. The molecule has 0 bridgehead atoms. The van der Waals surface area contributed by atoms with E-state index < -0.39 is 5.82 Å². The third-order valence-electron chi connectivity index (χ3n) is 4.98. The van der Waals surface area contributed by atoms with E-state index in [-0.39, 0.29) is 23.5 Å². The molecule has 2 amide bonds. The van der Waals surface area contributed by atoms with Crippen molar-refractivity contribution in [3.05, 3.63) is 84.3 Å². The van der Waals surface area contributed by atoms with Gasteiger partial charge in [0.05, 0.1) is 27.5 Å². The number of hydrogen-bond donors (Lipinski definition) is 2. The number of hydrogen-bond acceptors (Lipinski definition) is 6. The van der Waals surface area contributed by atoms with Gasteiger partial charge < -0.3 is 15.1 Å². The van der Waals surface area contributed by atoms with Gasteiger partial charge in [-0.2, -0.15) is 0 Å². The molecule has 7 nitrogen and oxygen atoms in total. The molecule has 0 atom stereocenters. The summed E-state index contributed by atoms with van der Waals surface area (Å²) >= 11 is 1.31. The first kappa shape index (κ1) is 21.5. The molecule has 0 unspecified atom stereocenters. The van der Waals surface area contributed by atoms with Crippen LogP contribution in [-0.4, -0.2) is 21.8 Å². The summed E-state index contributed by atoms with van der Waals surface area (Å²) in [6.07, 6.45) is 1.44. The van der Waals surface area contributed by atoms with Crippen molar-refractivity contribution >= 4 is 44.2 Å². The van der Waals surface area contributed by atoms with Crippen LogP contribution in [0.4, 0.5) is 15.2 Å². The lowest BCUT2D eigenvalue weighted by molar-refractivity contribution is -0.114. The number of amides is 2. The van der Waals surface area contributed by atoms with Gasteiger partial charge >= 0.3 is 0 Å². The van der Waals surface area contributed by atoms with Gasteiger partial charge in [-0.05, 0) is 42.5 Å². The maximum Gasteiger partial charge on any atom is 0.256 e.